The van der Waals surface area contributed by atoms with Crippen LogP contribution in [-0.2, 0) is 4.79 Å². The van der Waals surface area contributed by atoms with E-state index in [-0.39, 0.29) is 23.5 Å². The lowest BCUT2D eigenvalue weighted by Gasteiger charge is -2.29. The molecular formula is C16H23FN2O. The highest BCUT2D eigenvalue weighted by Gasteiger charge is 2.22. The topological polar surface area (TPSA) is 32.3 Å². The van der Waals surface area contributed by atoms with Crippen molar-refractivity contribution in [1.29, 1.82) is 0 Å². The van der Waals surface area contributed by atoms with Crippen molar-refractivity contribution in [2.75, 3.05) is 18.4 Å². The van der Waals surface area contributed by atoms with E-state index in [9.17, 15) is 9.18 Å². The summed E-state index contributed by atoms with van der Waals surface area (Å²) in [6.45, 7) is 3.80. The van der Waals surface area contributed by atoms with E-state index < -0.39 is 0 Å². The standard InChI is InChI=1S/C16H23FN2O/c1-13(19-11-7-3-2-4-8-12-19)16(20)18-15-10-6-5-9-14(15)17/h5-6,9-10,13H,2-4,7-8,11-12H2,1H3,(H,18,20)/t13-/m1/s1. The van der Waals surface area contributed by atoms with E-state index >= 15 is 0 Å². The van der Waals surface area contributed by atoms with Gasteiger partial charge in [0.15, 0.2) is 0 Å². The number of halogens is 1. The normalized spacial score (nSPS) is 18.9. The summed E-state index contributed by atoms with van der Waals surface area (Å²) in [4.78, 5) is 14.4. The second-order valence-electron chi connectivity index (χ2n) is 5.45. The number of hydrogen-bond acceptors (Lipinski definition) is 2. The molecule has 1 atom stereocenters. The Morgan fingerprint density at radius 1 is 1.15 bits per heavy atom. The van der Waals surface area contributed by atoms with Crippen LogP contribution in [0.1, 0.15) is 39.0 Å². The molecule has 0 radical (unpaired) electrons. The quantitative estimate of drug-likeness (QED) is 0.919. The summed E-state index contributed by atoms with van der Waals surface area (Å²) in [5.41, 5.74) is 0.261. The molecule has 3 nitrogen and oxygen atoms in total. The van der Waals surface area contributed by atoms with Crippen LogP contribution in [0, 0.1) is 5.82 Å². The first kappa shape index (κ1) is 15.0. The van der Waals surface area contributed by atoms with Gasteiger partial charge < -0.3 is 5.32 Å². The predicted molar refractivity (Wildman–Crippen MR) is 79.1 cm³/mol. The maximum Gasteiger partial charge on any atom is 0.241 e. The minimum absolute atomic E-state index is 0.129. The Morgan fingerprint density at radius 3 is 2.40 bits per heavy atom. The molecule has 4 heteroatoms. The molecule has 0 aliphatic carbocycles. The minimum atomic E-state index is -0.388. The maximum atomic E-state index is 13.5. The van der Waals surface area contributed by atoms with E-state index in [0.717, 1.165) is 25.9 Å². The summed E-state index contributed by atoms with van der Waals surface area (Å²) in [6, 6.07) is 6.07. The number of rotatable bonds is 3. The zero-order chi connectivity index (χ0) is 14.4. The summed E-state index contributed by atoms with van der Waals surface area (Å²) >= 11 is 0. The molecule has 0 aromatic heterocycles. The van der Waals surface area contributed by atoms with E-state index in [1.165, 1.54) is 25.3 Å². The van der Waals surface area contributed by atoms with Crippen LogP contribution in [0.5, 0.6) is 0 Å². The Kier molecular flexibility index (Phi) is 5.53. The van der Waals surface area contributed by atoms with Crippen molar-refractivity contribution < 1.29 is 9.18 Å². The highest BCUT2D eigenvalue weighted by molar-refractivity contribution is 5.94. The van der Waals surface area contributed by atoms with Crippen LogP contribution in [0.25, 0.3) is 0 Å². The van der Waals surface area contributed by atoms with Crippen molar-refractivity contribution in [2.24, 2.45) is 0 Å². The van der Waals surface area contributed by atoms with Gasteiger partial charge in [-0.2, -0.15) is 0 Å². The smallest absolute Gasteiger partial charge is 0.241 e. The van der Waals surface area contributed by atoms with Gasteiger partial charge in [0.05, 0.1) is 11.7 Å². The van der Waals surface area contributed by atoms with Gasteiger partial charge in [-0.1, -0.05) is 31.4 Å². The highest BCUT2D eigenvalue weighted by atomic mass is 19.1. The van der Waals surface area contributed by atoms with Crippen LogP contribution in [0.3, 0.4) is 0 Å². The highest BCUT2D eigenvalue weighted by Crippen LogP contribution is 2.16. The molecule has 1 amide bonds. The molecule has 0 saturated carbocycles. The minimum Gasteiger partial charge on any atom is -0.322 e. The van der Waals surface area contributed by atoms with Crippen LogP contribution in [0.4, 0.5) is 10.1 Å². The number of carbonyl (C=O) groups is 1. The van der Waals surface area contributed by atoms with Crippen molar-refractivity contribution in [1.82, 2.24) is 4.90 Å². The molecule has 1 N–H and O–H groups in total. The lowest BCUT2D eigenvalue weighted by atomic mass is 10.1. The van der Waals surface area contributed by atoms with E-state index in [1.807, 2.05) is 6.92 Å². The lowest BCUT2D eigenvalue weighted by Crippen LogP contribution is -2.43. The van der Waals surface area contributed by atoms with Crippen LogP contribution in [-0.4, -0.2) is 29.9 Å². The molecule has 1 aliphatic heterocycles. The molecule has 1 fully saturated rings. The van der Waals surface area contributed by atoms with E-state index in [4.69, 9.17) is 0 Å². The van der Waals surface area contributed by atoms with Crippen LogP contribution >= 0.6 is 0 Å². The predicted octanol–water partition coefficient (Wildman–Crippen LogP) is 3.42. The largest absolute Gasteiger partial charge is 0.322 e. The Labute approximate surface area is 120 Å². The number of hydrogen-bond donors (Lipinski definition) is 1. The first-order valence-electron chi connectivity index (χ1n) is 7.48. The third kappa shape index (κ3) is 4.04. The Balaban J connectivity index is 1.95. The van der Waals surface area contributed by atoms with E-state index in [1.54, 1.807) is 18.2 Å². The molecule has 20 heavy (non-hydrogen) atoms. The number of anilines is 1. The molecule has 1 saturated heterocycles. The summed E-state index contributed by atoms with van der Waals surface area (Å²) in [5.74, 6) is -0.517. The zero-order valence-electron chi connectivity index (χ0n) is 12.1. The summed E-state index contributed by atoms with van der Waals surface area (Å²) in [7, 11) is 0. The molecular weight excluding hydrogens is 255 g/mol. The van der Waals surface area contributed by atoms with Gasteiger partial charge in [0.1, 0.15) is 5.82 Å². The van der Waals surface area contributed by atoms with Gasteiger partial charge in [-0.3, -0.25) is 9.69 Å². The number of carbonyl (C=O) groups excluding carboxylic acids is 1. The lowest BCUT2D eigenvalue weighted by molar-refractivity contribution is -0.120. The van der Waals surface area contributed by atoms with Crippen molar-refractivity contribution in [3.63, 3.8) is 0 Å². The first-order valence-corrected chi connectivity index (χ1v) is 7.48. The van der Waals surface area contributed by atoms with Gasteiger partial charge in [0.25, 0.3) is 0 Å². The van der Waals surface area contributed by atoms with Crippen LogP contribution in [0.2, 0.25) is 0 Å². The van der Waals surface area contributed by atoms with Crippen molar-refractivity contribution in [2.45, 2.75) is 45.1 Å². The van der Waals surface area contributed by atoms with Gasteiger partial charge in [-0.05, 0) is 45.0 Å². The van der Waals surface area contributed by atoms with Gasteiger partial charge in [0, 0.05) is 0 Å². The summed E-state index contributed by atoms with van der Waals surface area (Å²) < 4.78 is 13.5. The van der Waals surface area contributed by atoms with Crippen molar-refractivity contribution in [3.05, 3.63) is 30.1 Å². The third-order valence-electron chi connectivity index (χ3n) is 3.95. The molecule has 1 aliphatic rings. The second kappa shape index (κ2) is 7.39. The van der Waals surface area contributed by atoms with Crippen LogP contribution in [0.15, 0.2) is 24.3 Å². The van der Waals surface area contributed by atoms with Gasteiger partial charge in [0.2, 0.25) is 5.91 Å². The monoisotopic (exact) mass is 278 g/mol. The number of nitrogens with one attached hydrogen (secondary N) is 1. The molecule has 110 valence electrons. The Morgan fingerprint density at radius 2 is 1.75 bits per heavy atom. The second-order valence-corrected chi connectivity index (χ2v) is 5.45. The Hall–Kier alpha value is -1.42. The SMILES string of the molecule is C[C@H](C(=O)Nc1ccccc1F)N1CCCCCCC1. The zero-order valence-corrected chi connectivity index (χ0v) is 12.1. The number of amides is 1. The van der Waals surface area contributed by atoms with Crippen molar-refractivity contribution in [3.8, 4) is 0 Å². The van der Waals surface area contributed by atoms with Gasteiger partial charge >= 0.3 is 0 Å². The fourth-order valence-corrected chi connectivity index (χ4v) is 2.62. The fourth-order valence-electron chi connectivity index (χ4n) is 2.62. The average molecular weight is 278 g/mol. The molecule has 2 rings (SSSR count). The van der Waals surface area contributed by atoms with Crippen molar-refractivity contribution >= 4 is 11.6 Å². The Bertz CT molecular complexity index is 442. The molecule has 0 unspecified atom stereocenters. The average Bonchev–Trinajstić information content (AvgIpc) is 2.40. The molecule has 0 spiro atoms. The fraction of sp³-hybridized carbons (Fsp3) is 0.562. The van der Waals surface area contributed by atoms with Crippen LogP contribution < -0.4 is 5.32 Å². The van der Waals surface area contributed by atoms with E-state index in [0.29, 0.717) is 0 Å². The summed E-state index contributed by atoms with van der Waals surface area (Å²) in [5, 5.41) is 2.69. The molecule has 1 heterocycles. The number of benzene rings is 1. The van der Waals surface area contributed by atoms with Gasteiger partial charge in [-0.15, -0.1) is 0 Å². The maximum absolute atomic E-state index is 13.5. The molecule has 0 bridgehead atoms. The molecule has 1 aromatic carbocycles. The number of para-hydroxylation sites is 1. The third-order valence-corrected chi connectivity index (χ3v) is 3.95. The molecule has 1 aromatic rings. The van der Waals surface area contributed by atoms with Gasteiger partial charge in [-0.25, -0.2) is 4.39 Å². The first-order chi connectivity index (χ1) is 9.68. The summed E-state index contributed by atoms with van der Waals surface area (Å²) in [6.07, 6.45) is 6.04. The number of nitrogens with zero attached hydrogens (tertiary/aromatic N) is 1. The number of likely N-dealkylation sites (tertiary alicyclic amines) is 1. The van der Waals surface area contributed by atoms with E-state index in [2.05, 4.69) is 10.2 Å².